The molecule has 0 atom stereocenters. The van der Waals surface area contributed by atoms with Crippen molar-refractivity contribution in [3.8, 4) is 0 Å². The van der Waals surface area contributed by atoms with Crippen molar-refractivity contribution in [1.29, 1.82) is 0 Å². The van der Waals surface area contributed by atoms with E-state index in [0.29, 0.717) is 0 Å². The Morgan fingerprint density at radius 2 is 1.87 bits per heavy atom. The lowest BCUT2D eigenvalue weighted by molar-refractivity contribution is -0.393. The maximum atomic E-state index is 11.0. The molecule has 122 valence electrons. The molecule has 1 N–H and O–H groups in total. The van der Waals surface area contributed by atoms with Gasteiger partial charge < -0.3 is 0 Å². The first-order valence-corrected chi connectivity index (χ1v) is 7.46. The number of hydrazone groups is 1. The lowest BCUT2D eigenvalue weighted by Crippen LogP contribution is -1.99. The molecule has 1 aromatic rings. The van der Waals surface area contributed by atoms with E-state index in [4.69, 9.17) is 11.6 Å². The number of hydrogen-bond acceptors (Lipinski definition) is 6. The van der Waals surface area contributed by atoms with Gasteiger partial charge in [0.2, 0.25) is 0 Å². The van der Waals surface area contributed by atoms with E-state index in [2.05, 4.69) is 10.5 Å². The average Bonchev–Trinajstić information content (AvgIpc) is 2.72. The first kappa shape index (κ1) is 16.9. The molecule has 0 aliphatic heterocycles. The molecule has 0 radical (unpaired) electrons. The first-order valence-electron chi connectivity index (χ1n) is 7.08. The molecule has 1 aromatic carbocycles. The summed E-state index contributed by atoms with van der Waals surface area (Å²) >= 11 is 6.18. The maximum Gasteiger partial charge on any atom is 0.301 e. The van der Waals surface area contributed by atoms with Crippen molar-refractivity contribution in [3.05, 3.63) is 49.0 Å². The molecule has 0 bridgehead atoms. The predicted molar refractivity (Wildman–Crippen MR) is 87.8 cm³/mol. The Bertz CT molecular complexity index is 687. The highest BCUT2D eigenvalue weighted by atomic mass is 35.5. The minimum atomic E-state index is -0.692. The molecule has 1 aliphatic rings. The molecule has 9 heteroatoms. The van der Waals surface area contributed by atoms with Crippen LogP contribution in [0.3, 0.4) is 0 Å². The number of benzene rings is 1. The lowest BCUT2D eigenvalue weighted by atomic mass is 10.1. The minimum Gasteiger partial charge on any atom is -0.272 e. The van der Waals surface area contributed by atoms with E-state index >= 15 is 0 Å². The molecule has 0 saturated heterocycles. The number of allylic oxidation sites excluding steroid dienone is 2. The number of nitro benzene ring substituents is 2. The summed E-state index contributed by atoms with van der Waals surface area (Å²) in [4.78, 5) is 20.3. The van der Waals surface area contributed by atoms with E-state index < -0.39 is 15.5 Å². The van der Waals surface area contributed by atoms with E-state index in [0.717, 1.165) is 48.8 Å². The van der Waals surface area contributed by atoms with Crippen molar-refractivity contribution in [3.63, 3.8) is 0 Å². The van der Waals surface area contributed by atoms with Crippen molar-refractivity contribution >= 4 is 34.9 Å². The van der Waals surface area contributed by atoms with Gasteiger partial charge in [0.1, 0.15) is 5.69 Å². The van der Waals surface area contributed by atoms with E-state index in [9.17, 15) is 20.2 Å². The Labute approximate surface area is 137 Å². The number of nitrogens with zero attached hydrogens (tertiary/aromatic N) is 3. The molecule has 8 nitrogen and oxygen atoms in total. The molecular formula is C14H15ClN4O4. The molecular weight excluding hydrogens is 324 g/mol. The van der Waals surface area contributed by atoms with Crippen molar-refractivity contribution < 1.29 is 9.85 Å². The summed E-state index contributed by atoms with van der Waals surface area (Å²) in [5.74, 6) is 0. The van der Waals surface area contributed by atoms with Gasteiger partial charge in [0.25, 0.3) is 5.69 Å². The van der Waals surface area contributed by atoms with Gasteiger partial charge in [-0.25, -0.2) is 0 Å². The number of nitro groups is 2. The number of anilines is 1. The van der Waals surface area contributed by atoms with E-state index in [1.54, 1.807) is 6.21 Å². The zero-order valence-electron chi connectivity index (χ0n) is 12.2. The highest BCUT2D eigenvalue weighted by Gasteiger charge is 2.19. The Morgan fingerprint density at radius 3 is 2.57 bits per heavy atom. The molecule has 23 heavy (non-hydrogen) atoms. The largest absolute Gasteiger partial charge is 0.301 e. The van der Waals surface area contributed by atoms with Crippen molar-refractivity contribution in [2.24, 2.45) is 5.10 Å². The number of halogens is 1. The minimum absolute atomic E-state index is 0.0854. The zero-order chi connectivity index (χ0) is 16.8. The standard InChI is InChI=1S/C14H15ClN4O4/c15-12-5-3-1-2-4-10(12)9-16-17-13-7-6-11(18(20)21)8-14(13)19(22)23/h6-9,17H,1-5H2. The summed E-state index contributed by atoms with van der Waals surface area (Å²) in [6.45, 7) is 0. The molecule has 0 spiro atoms. The average molecular weight is 339 g/mol. The smallest absolute Gasteiger partial charge is 0.272 e. The molecule has 0 fully saturated rings. The van der Waals surface area contributed by atoms with Gasteiger partial charge >= 0.3 is 5.69 Å². The number of non-ortho nitro benzene ring substituents is 1. The van der Waals surface area contributed by atoms with Gasteiger partial charge in [-0.2, -0.15) is 5.10 Å². The fourth-order valence-corrected chi connectivity index (χ4v) is 2.54. The van der Waals surface area contributed by atoms with E-state index in [1.807, 2.05) is 0 Å². The Kier molecular flexibility index (Phi) is 5.64. The monoisotopic (exact) mass is 338 g/mol. The van der Waals surface area contributed by atoms with Crippen molar-refractivity contribution in [2.45, 2.75) is 32.1 Å². The molecule has 2 rings (SSSR count). The zero-order valence-corrected chi connectivity index (χ0v) is 13.0. The van der Waals surface area contributed by atoms with Crippen molar-refractivity contribution in [2.75, 3.05) is 5.43 Å². The Hall–Kier alpha value is -2.48. The van der Waals surface area contributed by atoms with Gasteiger partial charge in [-0.1, -0.05) is 18.0 Å². The molecule has 0 aromatic heterocycles. The van der Waals surface area contributed by atoms with E-state index in [-0.39, 0.29) is 11.4 Å². The quantitative estimate of drug-likeness (QED) is 0.487. The van der Waals surface area contributed by atoms with Gasteiger partial charge in [0, 0.05) is 11.1 Å². The van der Waals surface area contributed by atoms with Crippen LogP contribution in [0.2, 0.25) is 0 Å². The van der Waals surface area contributed by atoms with Crippen LogP contribution in [0.1, 0.15) is 32.1 Å². The second kappa shape index (κ2) is 7.68. The highest BCUT2D eigenvalue weighted by molar-refractivity contribution is 6.31. The van der Waals surface area contributed by atoms with Gasteiger partial charge in [-0.15, -0.1) is 0 Å². The van der Waals surface area contributed by atoms with E-state index in [1.165, 1.54) is 12.1 Å². The second-order valence-electron chi connectivity index (χ2n) is 5.08. The summed E-state index contributed by atoms with van der Waals surface area (Å²) < 4.78 is 0. The SMILES string of the molecule is O=[N+]([O-])c1ccc(NN=CC2=C(Cl)CCCCC2)c([N+](=O)[O-])c1. The molecule has 0 unspecified atom stereocenters. The number of rotatable bonds is 5. The van der Waals surface area contributed by atoms with Crippen LogP contribution in [-0.2, 0) is 0 Å². The normalized spacial score (nSPS) is 15.5. The predicted octanol–water partition coefficient (Wildman–Crippen LogP) is 4.36. The van der Waals surface area contributed by atoms with Gasteiger partial charge in [-0.3, -0.25) is 25.7 Å². The van der Waals surface area contributed by atoms with Crippen LogP contribution in [0.15, 0.2) is 33.9 Å². The fourth-order valence-electron chi connectivity index (χ4n) is 2.26. The van der Waals surface area contributed by atoms with Crippen LogP contribution < -0.4 is 5.43 Å². The summed E-state index contributed by atoms with van der Waals surface area (Å²) in [6.07, 6.45) is 6.34. The highest BCUT2D eigenvalue weighted by Crippen LogP contribution is 2.29. The summed E-state index contributed by atoms with van der Waals surface area (Å²) in [5, 5.41) is 26.4. The maximum absolute atomic E-state index is 11.0. The van der Waals surface area contributed by atoms with Gasteiger partial charge in [-0.05, 0) is 37.3 Å². The van der Waals surface area contributed by atoms with Crippen LogP contribution in [0, 0.1) is 20.2 Å². The first-order chi connectivity index (χ1) is 11.0. The summed E-state index contributed by atoms with van der Waals surface area (Å²) in [6, 6.07) is 3.34. The molecule has 0 saturated carbocycles. The summed E-state index contributed by atoms with van der Waals surface area (Å²) in [7, 11) is 0. The Morgan fingerprint density at radius 1 is 1.13 bits per heavy atom. The Balaban J connectivity index is 2.18. The fraction of sp³-hybridized carbons (Fsp3) is 0.357. The topological polar surface area (TPSA) is 111 Å². The third kappa shape index (κ3) is 4.49. The summed E-state index contributed by atoms with van der Waals surface area (Å²) in [5.41, 5.74) is 2.80. The van der Waals surface area contributed by atoms with Crippen LogP contribution in [0.5, 0.6) is 0 Å². The van der Waals surface area contributed by atoms with Gasteiger partial charge in [0.05, 0.1) is 22.1 Å². The van der Waals surface area contributed by atoms with Crippen LogP contribution in [-0.4, -0.2) is 16.1 Å². The molecule has 0 amide bonds. The molecule has 1 aliphatic carbocycles. The third-order valence-electron chi connectivity index (χ3n) is 3.49. The number of nitrogens with one attached hydrogen (secondary N) is 1. The number of hydrogen-bond donors (Lipinski definition) is 1. The second-order valence-corrected chi connectivity index (χ2v) is 5.53. The van der Waals surface area contributed by atoms with Crippen molar-refractivity contribution in [1.82, 2.24) is 0 Å². The van der Waals surface area contributed by atoms with Gasteiger partial charge in [0.15, 0.2) is 0 Å². The third-order valence-corrected chi connectivity index (χ3v) is 3.92. The van der Waals surface area contributed by atoms with Crippen LogP contribution in [0.25, 0.3) is 0 Å². The molecule has 0 heterocycles. The van der Waals surface area contributed by atoms with Crippen LogP contribution in [0.4, 0.5) is 17.1 Å². The van der Waals surface area contributed by atoms with Crippen LogP contribution >= 0.6 is 11.6 Å². The lowest BCUT2D eigenvalue weighted by Gasteiger charge is -2.03.